The van der Waals surface area contributed by atoms with Crippen LogP contribution in [0.4, 0.5) is 0 Å². The molecule has 1 aromatic carbocycles. The summed E-state index contributed by atoms with van der Waals surface area (Å²) in [6, 6.07) is 7.58. The Morgan fingerprint density at radius 3 is 3.00 bits per heavy atom. The van der Waals surface area contributed by atoms with Gasteiger partial charge in [0.25, 0.3) is 5.91 Å². The Hall–Kier alpha value is -1.68. The standard InChI is InChI=1S/C13H14N2O2/c1-13(17)6-7-15-11(14-13)8-9-4-2-3-5-10(9)12(15)16/h2-5,17H,6-8H2,1H3. The molecule has 0 saturated heterocycles. The molecule has 1 N–H and O–H groups in total. The first kappa shape index (κ1) is 10.5. The first-order chi connectivity index (χ1) is 8.07. The van der Waals surface area contributed by atoms with E-state index in [1.54, 1.807) is 11.8 Å². The van der Waals surface area contributed by atoms with Crippen molar-refractivity contribution in [3.05, 3.63) is 35.4 Å². The Labute approximate surface area is 99.6 Å². The summed E-state index contributed by atoms with van der Waals surface area (Å²) in [6.45, 7) is 2.22. The number of carbonyl (C=O) groups excluding carboxylic acids is 1. The topological polar surface area (TPSA) is 52.9 Å². The van der Waals surface area contributed by atoms with Crippen molar-refractivity contribution in [2.24, 2.45) is 4.99 Å². The summed E-state index contributed by atoms with van der Waals surface area (Å²) in [5.41, 5.74) is 0.719. The zero-order valence-corrected chi connectivity index (χ0v) is 9.68. The number of rotatable bonds is 0. The fourth-order valence-electron chi connectivity index (χ4n) is 2.40. The van der Waals surface area contributed by atoms with Gasteiger partial charge in [-0.2, -0.15) is 0 Å². The number of aliphatic hydroxyl groups is 1. The zero-order valence-electron chi connectivity index (χ0n) is 9.68. The zero-order chi connectivity index (χ0) is 12.0. The molecule has 0 aliphatic carbocycles. The number of carbonyl (C=O) groups is 1. The van der Waals surface area contributed by atoms with Crippen molar-refractivity contribution in [2.45, 2.75) is 25.5 Å². The summed E-state index contributed by atoms with van der Waals surface area (Å²) in [7, 11) is 0. The van der Waals surface area contributed by atoms with Crippen LogP contribution in [0.5, 0.6) is 0 Å². The number of aliphatic imine (C=N–C) groups is 1. The van der Waals surface area contributed by atoms with E-state index in [4.69, 9.17) is 0 Å². The molecule has 0 spiro atoms. The number of fused-ring (bicyclic) bond motifs is 2. The highest BCUT2D eigenvalue weighted by Gasteiger charge is 2.36. The van der Waals surface area contributed by atoms with E-state index in [-0.39, 0.29) is 5.91 Å². The van der Waals surface area contributed by atoms with Gasteiger partial charge in [0, 0.05) is 24.9 Å². The average molecular weight is 230 g/mol. The SMILES string of the molecule is CC1(O)CCN2C(=O)c3ccccc3CC2=N1. The number of benzene rings is 1. The molecule has 4 nitrogen and oxygen atoms in total. The number of amidine groups is 1. The molecule has 1 amide bonds. The van der Waals surface area contributed by atoms with Gasteiger partial charge in [-0.3, -0.25) is 9.69 Å². The van der Waals surface area contributed by atoms with Gasteiger partial charge in [-0.15, -0.1) is 0 Å². The molecule has 3 rings (SSSR count). The van der Waals surface area contributed by atoms with E-state index < -0.39 is 5.72 Å². The molecule has 0 fully saturated rings. The van der Waals surface area contributed by atoms with Gasteiger partial charge in [0.1, 0.15) is 5.84 Å². The van der Waals surface area contributed by atoms with Crippen molar-refractivity contribution in [3.63, 3.8) is 0 Å². The third-order valence-electron chi connectivity index (χ3n) is 3.33. The summed E-state index contributed by atoms with van der Waals surface area (Å²) in [5, 5.41) is 9.92. The van der Waals surface area contributed by atoms with Crippen molar-refractivity contribution >= 4 is 11.7 Å². The van der Waals surface area contributed by atoms with E-state index in [2.05, 4.69) is 4.99 Å². The van der Waals surface area contributed by atoms with Gasteiger partial charge in [-0.25, -0.2) is 4.99 Å². The first-order valence-corrected chi connectivity index (χ1v) is 5.78. The second-order valence-electron chi connectivity index (χ2n) is 4.79. The quantitative estimate of drug-likeness (QED) is 0.728. The fourth-order valence-corrected chi connectivity index (χ4v) is 2.40. The van der Waals surface area contributed by atoms with Crippen LogP contribution < -0.4 is 0 Å². The molecule has 1 atom stereocenters. The van der Waals surface area contributed by atoms with E-state index in [1.165, 1.54) is 0 Å². The van der Waals surface area contributed by atoms with E-state index in [0.717, 1.165) is 11.1 Å². The molecule has 0 bridgehead atoms. The third kappa shape index (κ3) is 1.65. The molecular formula is C13H14N2O2. The Kier molecular flexibility index (Phi) is 2.10. The summed E-state index contributed by atoms with van der Waals surface area (Å²) in [5.74, 6) is 0.686. The maximum Gasteiger partial charge on any atom is 0.259 e. The highest BCUT2D eigenvalue weighted by Crippen LogP contribution is 2.27. The van der Waals surface area contributed by atoms with Crippen LogP contribution in [0.3, 0.4) is 0 Å². The van der Waals surface area contributed by atoms with Gasteiger partial charge in [0.15, 0.2) is 5.72 Å². The largest absolute Gasteiger partial charge is 0.369 e. The third-order valence-corrected chi connectivity index (χ3v) is 3.33. The van der Waals surface area contributed by atoms with Crippen LogP contribution in [0.1, 0.15) is 29.3 Å². The van der Waals surface area contributed by atoms with Crippen molar-refractivity contribution in [1.82, 2.24) is 4.90 Å². The highest BCUT2D eigenvalue weighted by molar-refractivity contribution is 6.11. The van der Waals surface area contributed by atoms with E-state index >= 15 is 0 Å². The second-order valence-corrected chi connectivity index (χ2v) is 4.79. The second kappa shape index (κ2) is 3.40. The van der Waals surface area contributed by atoms with E-state index in [1.807, 2.05) is 24.3 Å². The van der Waals surface area contributed by atoms with E-state index in [0.29, 0.717) is 25.2 Å². The molecule has 1 aromatic rings. The van der Waals surface area contributed by atoms with Crippen LogP contribution >= 0.6 is 0 Å². The van der Waals surface area contributed by atoms with Crippen LogP contribution in [0, 0.1) is 0 Å². The van der Waals surface area contributed by atoms with Crippen LogP contribution in [0.2, 0.25) is 0 Å². The Balaban J connectivity index is 2.09. The van der Waals surface area contributed by atoms with Crippen molar-refractivity contribution < 1.29 is 9.90 Å². The Bertz CT molecular complexity index is 520. The van der Waals surface area contributed by atoms with Crippen molar-refractivity contribution in [2.75, 3.05) is 6.54 Å². The normalized spacial score (nSPS) is 27.3. The first-order valence-electron chi connectivity index (χ1n) is 5.78. The van der Waals surface area contributed by atoms with Gasteiger partial charge in [-0.1, -0.05) is 18.2 Å². The molecule has 1 unspecified atom stereocenters. The molecule has 88 valence electrons. The van der Waals surface area contributed by atoms with Gasteiger partial charge in [0.05, 0.1) is 0 Å². The molecule has 2 heterocycles. The molecule has 4 heteroatoms. The summed E-state index contributed by atoms with van der Waals surface area (Å²) < 4.78 is 0. The lowest BCUT2D eigenvalue weighted by atomic mass is 9.96. The van der Waals surface area contributed by atoms with Crippen LogP contribution in [0.25, 0.3) is 0 Å². The van der Waals surface area contributed by atoms with E-state index in [9.17, 15) is 9.90 Å². The van der Waals surface area contributed by atoms with Gasteiger partial charge in [-0.05, 0) is 18.6 Å². The molecule has 2 aliphatic rings. The predicted molar refractivity (Wildman–Crippen MR) is 63.9 cm³/mol. The summed E-state index contributed by atoms with van der Waals surface area (Å²) in [6.07, 6.45) is 1.11. The minimum absolute atomic E-state index is 0.00102. The molecule has 2 aliphatic heterocycles. The number of nitrogens with zero attached hydrogens (tertiary/aromatic N) is 2. The highest BCUT2D eigenvalue weighted by atomic mass is 16.3. The molecule has 0 saturated carbocycles. The Morgan fingerprint density at radius 2 is 2.18 bits per heavy atom. The van der Waals surface area contributed by atoms with Crippen LogP contribution in [-0.4, -0.2) is 34.0 Å². The van der Waals surface area contributed by atoms with Crippen LogP contribution in [0.15, 0.2) is 29.3 Å². The monoisotopic (exact) mass is 230 g/mol. The van der Waals surface area contributed by atoms with Crippen molar-refractivity contribution in [3.8, 4) is 0 Å². The minimum atomic E-state index is -1.03. The predicted octanol–water partition coefficient (Wildman–Crippen LogP) is 1.20. The fraction of sp³-hybridized carbons (Fsp3) is 0.385. The summed E-state index contributed by atoms with van der Waals surface area (Å²) in [4.78, 5) is 18.2. The smallest absolute Gasteiger partial charge is 0.259 e. The van der Waals surface area contributed by atoms with Crippen molar-refractivity contribution in [1.29, 1.82) is 0 Å². The number of amides is 1. The average Bonchev–Trinajstić information content (AvgIpc) is 2.27. The van der Waals surface area contributed by atoms with Gasteiger partial charge >= 0.3 is 0 Å². The lowest BCUT2D eigenvalue weighted by Gasteiger charge is -2.37. The molecular weight excluding hydrogens is 216 g/mol. The van der Waals surface area contributed by atoms with Gasteiger partial charge < -0.3 is 5.11 Å². The number of hydrogen-bond donors (Lipinski definition) is 1. The Morgan fingerprint density at radius 1 is 1.41 bits per heavy atom. The summed E-state index contributed by atoms with van der Waals surface area (Å²) >= 11 is 0. The van der Waals surface area contributed by atoms with Gasteiger partial charge in [0.2, 0.25) is 0 Å². The lowest BCUT2D eigenvalue weighted by molar-refractivity contribution is 0.0395. The lowest BCUT2D eigenvalue weighted by Crippen LogP contribution is -2.49. The number of hydrogen-bond acceptors (Lipinski definition) is 3. The maximum atomic E-state index is 12.2. The van der Waals surface area contributed by atoms with Crippen LogP contribution in [-0.2, 0) is 6.42 Å². The molecule has 0 radical (unpaired) electrons. The minimum Gasteiger partial charge on any atom is -0.369 e. The molecule has 17 heavy (non-hydrogen) atoms. The molecule has 0 aromatic heterocycles. The maximum absolute atomic E-state index is 12.2.